The number of hydrogen-bond donors (Lipinski definition) is 1. The molecule has 0 spiro atoms. The van der Waals surface area contributed by atoms with Gasteiger partial charge in [0.05, 0.1) is 16.2 Å². The van der Waals surface area contributed by atoms with E-state index < -0.39 is 11.7 Å². The molecule has 1 saturated heterocycles. The molecule has 3 aromatic rings. The third-order valence-electron chi connectivity index (χ3n) is 6.15. The number of carbonyl (C=O) groups excluding carboxylic acids is 1. The largest absolute Gasteiger partial charge is 0.471 e. The lowest BCUT2D eigenvalue weighted by atomic mass is 9.90. The van der Waals surface area contributed by atoms with Gasteiger partial charge in [-0.05, 0) is 52.2 Å². The smallest absolute Gasteiger partial charge is 0.408 e. The zero-order valence-electron chi connectivity index (χ0n) is 21.6. The minimum atomic E-state index is -0.541. The molecule has 2 heterocycles. The van der Waals surface area contributed by atoms with Crippen LogP contribution in [0.2, 0.25) is 10.0 Å². The van der Waals surface area contributed by atoms with E-state index in [2.05, 4.69) is 10.2 Å². The van der Waals surface area contributed by atoms with Gasteiger partial charge in [-0.15, -0.1) is 0 Å². The van der Waals surface area contributed by atoms with Crippen LogP contribution in [-0.4, -0.2) is 40.3 Å². The number of carbonyl (C=O) groups is 1. The first kappa shape index (κ1) is 27.0. The molecule has 4 rings (SSSR count). The summed E-state index contributed by atoms with van der Waals surface area (Å²) in [5, 5.41) is 3.88. The highest BCUT2D eigenvalue weighted by Gasteiger charge is 2.34. The monoisotopic (exact) mass is 542 g/mol. The van der Waals surface area contributed by atoms with Gasteiger partial charge in [0, 0.05) is 24.2 Å². The van der Waals surface area contributed by atoms with Crippen molar-refractivity contribution < 1.29 is 14.3 Å². The Morgan fingerprint density at radius 2 is 1.78 bits per heavy atom. The Hall–Kier alpha value is -3.03. The van der Waals surface area contributed by atoms with Crippen molar-refractivity contribution in [1.29, 1.82) is 0 Å². The minimum absolute atomic E-state index is 0.335. The lowest BCUT2D eigenvalue weighted by molar-refractivity contribution is 0.0448. The van der Waals surface area contributed by atoms with Gasteiger partial charge in [0.15, 0.2) is 5.82 Å². The first-order chi connectivity index (χ1) is 17.5. The molecule has 0 saturated carbocycles. The Morgan fingerprint density at radius 3 is 2.46 bits per heavy atom. The van der Waals surface area contributed by atoms with E-state index in [0.29, 0.717) is 52.7 Å². The summed E-state index contributed by atoms with van der Waals surface area (Å²) in [7, 11) is 0. The van der Waals surface area contributed by atoms with Gasteiger partial charge in [0.2, 0.25) is 5.88 Å². The number of halogens is 2. The second-order valence-electron chi connectivity index (χ2n) is 10.4. The predicted molar refractivity (Wildman–Crippen MR) is 147 cm³/mol. The van der Waals surface area contributed by atoms with E-state index in [1.165, 1.54) is 0 Å². The second kappa shape index (κ2) is 11.2. The van der Waals surface area contributed by atoms with Gasteiger partial charge >= 0.3 is 6.09 Å². The molecule has 0 radical (unpaired) electrons. The van der Waals surface area contributed by atoms with Gasteiger partial charge in [-0.1, -0.05) is 65.7 Å². The van der Waals surface area contributed by atoms with Crippen molar-refractivity contribution in [1.82, 2.24) is 15.3 Å². The standard InChI is InChI=1S/C28H32Cl2N4O3/c1-27(2,3)37-26(35)33-28(4)13-15-34(16-14-28)22-17-31-24(20-11-8-12-21(29)23(20)30)25(32-22)36-18-19-9-6-5-7-10-19/h5-12,17H,13-16,18H2,1-4H3,(H,33,35). The SMILES string of the molecule is CC1(NC(=O)OC(C)(C)C)CCN(c2cnc(-c3cccc(Cl)c3Cl)c(OCc3ccccc3)n2)CC1. The van der Waals surface area contributed by atoms with Crippen molar-refractivity contribution in [2.45, 2.75) is 58.3 Å². The average molecular weight is 543 g/mol. The Bertz CT molecular complexity index is 1240. The van der Waals surface area contributed by atoms with Crippen LogP contribution in [0.3, 0.4) is 0 Å². The molecular weight excluding hydrogens is 511 g/mol. The number of amides is 1. The molecule has 2 aromatic carbocycles. The molecule has 37 heavy (non-hydrogen) atoms. The highest BCUT2D eigenvalue weighted by Crippen LogP contribution is 2.37. The van der Waals surface area contributed by atoms with Gasteiger partial charge in [-0.25, -0.2) is 9.78 Å². The van der Waals surface area contributed by atoms with E-state index in [1.54, 1.807) is 12.3 Å². The summed E-state index contributed by atoms with van der Waals surface area (Å²) in [4.78, 5) is 24.0. The van der Waals surface area contributed by atoms with E-state index in [-0.39, 0.29) is 5.54 Å². The number of hydrogen-bond acceptors (Lipinski definition) is 6. The summed E-state index contributed by atoms with van der Waals surface area (Å²) >= 11 is 12.8. The summed E-state index contributed by atoms with van der Waals surface area (Å²) in [6.07, 6.45) is 2.79. The zero-order valence-corrected chi connectivity index (χ0v) is 23.1. The second-order valence-corrected chi connectivity index (χ2v) is 11.2. The Balaban J connectivity index is 1.54. The topological polar surface area (TPSA) is 76.6 Å². The summed E-state index contributed by atoms with van der Waals surface area (Å²) < 4.78 is 11.6. The lowest BCUT2D eigenvalue weighted by Crippen LogP contribution is -2.54. The molecule has 0 aliphatic carbocycles. The van der Waals surface area contributed by atoms with E-state index >= 15 is 0 Å². The number of nitrogens with one attached hydrogen (secondary N) is 1. The highest BCUT2D eigenvalue weighted by atomic mass is 35.5. The van der Waals surface area contributed by atoms with Crippen LogP contribution in [0, 0.1) is 0 Å². The van der Waals surface area contributed by atoms with Gasteiger partial charge in [-0.2, -0.15) is 4.98 Å². The van der Waals surface area contributed by atoms with Crippen LogP contribution >= 0.6 is 23.2 Å². The van der Waals surface area contributed by atoms with Crippen molar-refractivity contribution in [3.05, 3.63) is 70.3 Å². The maximum Gasteiger partial charge on any atom is 0.408 e. The molecule has 1 aliphatic rings. The molecule has 0 atom stereocenters. The van der Waals surface area contributed by atoms with Crippen LogP contribution in [0.1, 0.15) is 46.1 Å². The molecule has 1 aliphatic heterocycles. The Kier molecular flexibility index (Phi) is 8.14. The summed E-state index contributed by atoms with van der Waals surface area (Å²) in [5.74, 6) is 1.08. The van der Waals surface area contributed by atoms with Gasteiger partial charge in [-0.3, -0.25) is 0 Å². The molecular formula is C28H32Cl2N4O3. The van der Waals surface area contributed by atoms with Gasteiger partial charge in [0.1, 0.15) is 17.9 Å². The number of aromatic nitrogens is 2. The van der Waals surface area contributed by atoms with Crippen molar-refractivity contribution in [3.63, 3.8) is 0 Å². The zero-order chi connectivity index (χ0) is 26.6. The number of nitrogens with zero attached hydrogens (tertiary/aromatic N) is 3. The predicted octanol–water partition coefficient (Wildman–Crippen LogP) is 6.91. The number of rotatable bonds is 6. The first-order valence-corrected chi connectivity index (χ1v) is 13.0. The van der Waals surface area contributed by atoms with Crippen molar-refractivity contribution in [2.24, 2.45) is 0 Å². The normalized spacial score (nSPS) is 15.2. The number of anilines is 1. The highest BCUT2D eigenvalue weighted by molar-refractivity contribution is 6.43. The maximum atomic E-state index is 12.3. The van der Waals surface area contributed by atoms with Crippen LogP contribution in [0.15, 0.2) is 54.7 Å². The summed E-state index contributed by atoms with van der Waals surface area (Å²) in [5.41, 5.74) is 1.29. The summed E-state index contributed by atoms with van der Waals surface area (Å²) in [6.45, 7) is 9.32. The van der Waals surface area contributed by atoms with Crippen molar-refractivity contribution in [2.75, 3.05) is 18.0 Å². The number of benzene rings is 2. The van der Waals surface area contributed by atoms with Crippen molar-refractivity contribution in [3.8, 4) is 17.1 Å². The molecule has 0 unspecified atom stereocenters. The molecule has 1 fully saturated rings. The molecule has 1 amide bonds. The first-order valence-electron chi connectivity index (χ1n) is 12.3. The lowest BCUT2D eigenvalue weighted by Gasteiger charge is -2.40. The van der Waals surface area contributed by atoms with Crippen LogP contribution in [0.4, 0.5) is 10.6 Å². The number of ether oxygens (including phenoxy) is 2. The molecule has 0 bridgehead atoms. The minimum Gasteiger partial charge on any atom is -0.471 e. The fourth-order valence-electron chi connectivity index (χ4n) is 4.12. The van der Waals surface area contributed by atoms with E-state index in [0.717, 1.165) is 18.4 Å². The summed E-state index contributed by atoms with van der Waals surface area (Å²) in [6, 6.07) is 15.3. The molecule has 7 nitrogen and oxygen atoms in total. The van der Waals surface area contributed by atoms with Crippen LogP contribution in [0.25, 0.3) is 11.3 Å². The molecule has 9 heteroatoms. The van der Waals surface area contributed by atoms with E-state index in [9.17, 15) is 4.79 Å². The van der Waals surface area contributed by atoms with E-state index in [1.807, 2.05) is 70.2 Å². The Morgan fingerprint density at radius 1 is 1.08 bits per heavy atom. The molecule has 196 valence electrons. The fraction of sp³-hybridized carbons (Fsp3) is 0.393. The average Bonchev–Trinajstić information content (AvgIpc) is 2.84. The third kappa shape index (κ3) is 7.05. The molecule has 1 N–H and O–H groups in total. The Labute approximate surface area is 228 Å². The van der Waals surface area contributed by atoms with Crippen LogP contribution < -0.4 is 15.0 Å². The quantitative estimate of drug-likeness (QED) is 0.364. The van der Waals surface area contributed by atoms with Gasteiger partial charge < -0.3 is 19.7 Å². The van der Waals surface area contributed by atoms with Gasteiger partial charge in [0.25, 0.3) is 0 Å². The number of alkyl carbamates (subject to hydrolysis) is 1. The maximum absolute atomic E-state index is 12.3. The van der Waals surface area contributed by atoms with Crippen LogP contribution in [0.5, 0.6) is 5.88 Å². The fourth-order valence-corrected chi connectivity index (χ4v) is 4.51. The number of piperidine rings is 1. The van der Waals surface area contributed by atoms with Crippen LogP contribution in [-0.2, 0) is 11.3 Å². The third-order valence-corrected chi connectivity index (χ3v) is 6.97. The molecule has 1 aromatic heterocycles. The van der Waals surface area contributed by atoms with Crippen molar-refractivity contribution >= 4 is 35.1 Å². The van der Waals surface area contributed by atoms with E-state index in [4.69, 9.17) is 42.6 Å².